The van der Waals surface area contributed by atoms with Crippen LogP contribution in [0.15, 0.2) is 88.1 Å². The van der Waals surface area contributed by atoms with Crippen LogP contribution in [0.3, 0.4) is 0 Å². The molecule has 28 heavy (non-hydrogen) atoms. The molecule has 0 saturated carbocycles. The lowest BCUT2D eigenvalue weighted by atomic mass is 9.91. The second kappa shape index (κ2) is 5.43. The molecule has 0 amide bonds. The second-order valence-corrected chi connectivity index (χ2v) is 7.40. The second-order valence-electron chi connectivity index (χ2n) is 7.40. The van der Waals surface area contributed by atoms with Crippen LogP contribution in [0, 0.1) is 6.92 Å². The van der Waals surface area contributed by atoms with Crippen molar-refractivity contribution in [3.8, 4) is 0 Å². The van der Waals surface area contributed by atoms with Gasteiger partial charge < -0.3 is 4.42 Å². The van der Waals surface area contributed by atoms with E-state index in [4.69, 9.17) is 4.42 Å². The predicted molar refractivity (Wildman–Crippen MR) is 117 cm³/mol. The quantitative estimate of drug-likeness (QED) is 0.222. The first-order chi connectivity index (χ1) is 13.7. The first kappa shape index (κ1) is 15.4. The third-order valence-electron chi connectivity index (χ3n) is 5.77. The van der Waals surface area contributed by atoms with E-state index in [0.717, 1.165) is 21.7 Å². The average Bonchev–Trinajstić information content (AvgIpc) is 2.72. The Morgan fingerprint density at radius 1 is 0.607 bits per heavy atom. The molecule has 6 aromatic rings. The maximum absolute atomic E-state index is 11.9. The highest BCUT2D eigenvalue weighted by atomic mass is 16.4. The monoisotopic (exact) mass is 360 g/mol. The lowest BCUT2D eigenvalue weighted by Crippen LogP contribution is -1.98. The Kier molecular flexibility index (Phi) is 2.99. The average molecular weight is 360 g/mol. The maximum Gasteiger partial charge on any atom is 0.336 e. The van der Waals surface area contributed by atoms with Gasteiger partial charge in [-0.05, 0) is 56.3 Å². The van der Waals surface area contributed by atoms with Gasteiger partial charge in [0.2, 0.25) is 0 Å². The summed E-state index contributed by atoms with van der Waals surface area (Å²) in [5.74, 6) is 0. The van der Waals surface area contributed by atoms with E-state index in [1.165, 1.54) is 32.3 Å². The summed E-state index contributed by atoms with van der Waals surface area (Å²) in [6.45, 7) is 1.99. The van der Waals surface area contributed by atoms with Crippen molar-refractivity contribution in [1.82, 2.24) is 0 Å². The van der Waals surface area contributed by atoms with Gasteiger partial charge in [0.1, 0.15) is 5.58 Å². The van der Waals surface area contributed by atoms with Crippen molar-refractivity contribution < 1.29 is 4.42 Å². The molecule has 0 aliphatic rings. The molecule has 0 aliphatic heterocycles. The van der Waals surface area contributed by atoms with E-state index in [0.29, 0.717) is 5.58 Å². The van der Waals surface area contributed by atoms with Gasteiger partial charge in [-0.2, -0.15) is 0 Å². The number of rotatable bonds is 0. The van der Waals surface area contributed by atoms with E-state index < -0.39 is 0 Å². The minimum Gasteiger partial charge on any atom is -0.423 e. The SMILES string of the molecule is Cc1cc(=O)oc2ccc3ccc4ccc5ccc6ccccc6c5c4c3c12. The topological polar surface area (TPSA) is 30.2 Å². The van der Waals surface area contributed by atoms with Crippen molar-refractivity contribution in [3.05, 3.63) is 94.8 Å². The molecular formula is C26H16O2. The summed E-state index contributed by atoms with van der Waals surface area (Å²) in [6, 6.07) is 27.1. The van der Waals surface area contributed by atoms with Crippen molar-refractivity contribution in [2.45, 2.75) is 6.92 Å². The van der Waals surface area contributed by atoms with Crippen molar-refractivity contribution >= 4 is 54.1 Å². The van der Waals surface area contributed by atoms with Gasteiger partial charge in [0, 0.05) is 16.8 Å². The molecule has 1 aromatic heterocycles. The number of hydrogen-bond acceptors (Lipinski definition) is 2. The fourth-order valence-corrected chi connectivity index (χ4v) is 4.57. The largest absolute Gasteiger partial charge is 0.423 e. The normalized spacial score (nSPS) is 11.9. The maximum atomic E-state index is 11.9. The Balaban J connectivity index is 2.04. The van der Waals surface area contributed by atoms with E-state index in [9.17, 15) is 4.79 Å². The number of benzene rings is 5. The fraction of sp³-hybridized carbons (Fsp3) is 0.0385. The first-order valence-corrected chi connectivity index (χ1v) is 9.41. The molecule has 1 heterocycles. The molecule has 0 atom stereocenters. The third-order valence-corrected chi connectivity index (χ3v) is 5.77. The summed E-state index contributed by atoms with van der Waals surface area (Å²) in [5.41, 5.74) is 1.28. The van der Waals surface area contributed by atoms with Crippen molar-refractivity contribution in [1.29, 1.82) is 0 Å². The molecule has 0 unspecified atom stereocenters. The molecule has 0 fully saturated rings. The number of fused-ring (bicyclic) bond motifs is 9. The molecule has 2 nitrogen and oxygen atoms in total. The smallest absolute Gasteiger partial charge is 0.336 e. The fourth-order valence-electron chi connectivity index (χ4n) is 4.57. The van der Waals surface area contributed by atoms with Crippen molar-refractivity contribution in [3.63, 3.8) is 0 Å². The van der Waals surface area contributed by atoms with Crippen LogP contribution < -0.4 is 5.63 Å². The Hall–Kier alpha value is -3.65. The molecule has 2 heteroatoms. The zero-order valence-corrected chi connectivity index (χ0v) is 15.3. The summed E-state index contributed by atoms with van der Waals surface area (Å²) < 4.78 is 5.54. The summed E-state index contributed by atoms with van der Waals surface area (Å²) in [5, 5.41) is 10.7. The highest BCUT2D eigenvalue weighted by Crippen LogP contribution is 2.39. The van der Waals surface area contributed by atoms with E-state index in [-0.39, 0.29) is 5.63 Å². The van der Waals surface area contributed by atoms with Crippen LogP contribution in [-0.4, -0.2) is 0 Å². The molecule has 0 N–H and O–H groups in total. The number of aryl methyl sites for hydroxylation is 1. The van der Waals surface area contributed by atoms with Gasteiger partial charge in [-0.3, -0.25) is 0 Å². The molecule has 0 radical (unpaired) electrons. The molecule has 0 aliphatic carbocycles. The van der Waals surface area contributed by atoms with Crippen LogP contribution in [0.2, 0.25) is 0 Å². The highest BCUT2D eigenvalue weighted by Gasteiger charge is 2.13. The van der Waals surface area contributed by atoms with Crippen LogP contribution in [0.25, 0.3) is 54.1 Å². The molecule has 0 saturated heterocycles. The van der Waals surface area contributed by atoms with Gasteiger partial charge in [-0.15, -0.1) is 0 Å². The predicted octanol–water partition coefficient (Wildman–Crippen LogP) is 6.71. The summed E-state index contributed by atoms with van der Waals surface area (Å²) in [4.78, 5) is 11.9. The molecule has 6 rings (SSSR count). The zero-order chi connectivity index (χ0) is 18.8. The van der Waals surface area contributed by atoms with E-state index in [1.54, 1.807) is 6.07 Å². The van der Waals surface area contributed by atoms with Crippen LogP contribution in [0.1, 0.15) is 5.56 Å². The molecule has 5 aromatic carbocycles. The Labute approximate surface area is 160 Å². The number of hydrogen-bond donors (Lipinski definition) is 0. The summed E-state index contributed by atoms with van der Waals surface area (Å²) in [7, 11) is 0. The lowest BCUT2D eigenvalue weighted by molar-refractivity contribution is 0.560. The summed E-state index contributed by atoms with van der Waals surface area (Å²) in [6.07, 6.45) is 0. The van der Waals surface area contributed by atoms with Crippen molar-refractivity contribution in [2.75, 3.05) is 0 Å². The Morgan fingerprint density at radius 3 is 1.93 bits per heavy atom. The van der Waals surface area contributed by atoms with Gasteiger partial charge in [-0.25, -0.2) is 4.79 Å². The molecule has 0 spiro atoms. The van der Waals surface area contributed by atoms with Gasteiger partial charge in [0.25, 0.3) is 0 Å². The Bertz CT molecular complexity index is 1630. The van der Waals surface area contributed by atoms with E-state index in [2.05, 4.69) is 60.7 Å². The standard InChI is InChI=1S/C26H16O2/c1-15-14-22(27)28-21-13-12-19-11-10-18-9-8-17-7-6-16-4-2-3-5-20(16)24(17)26(18)25(19)23(15)21/h2-14H,1H3. The van der Waals surface area contributed by atoms with E-state index in [1.807, 2.05) is 19.1 Å². The minimum atomic E-state index is -0.306. The lowest BCUT2D eigenvalue weighted by Gasteiger charge is -2.13. The van der Waals surface area contributed by atoms with Gasteiger partial charge >= 0.3 is 5.63 Å². The van der Waals surface area contributed by atoms with Gasteiger partial charge in [0.05, 0.1) is 0 Å². The molecular weight excluding hydrogens is 344 g/mol. The van der Waals surface area contributed by atoms with Crippen LogP contribution in [0.4, 0.5) is 0 Å². The van der Waals surface area contributed by atoms with Crippen LogP contribution in [-0.2, 0) is 0 Å². The first-order valence-electron chi connectivity index (χ1n) is 9.41. The van der Waals surface area contributed by atoms with E-state index >= 15 is 0 Å². The van der Waals surface area contributed by atoms with Crippen molar-refractivity contribution in [2.24, 2.45) is 0 Å². The summed E-state index contributed by atoms with van der Waals surface area (Å²) >= 11 is 0. The minimum absolute atomic E-state index is 0.306. The highest BCUT2D eigenvalue weighted by molar-refractivity contribution is 6.32. The zero-order valence-electron chi connectivity index (χ0n) is 15.3. The van der Waals surface area contributed by atoms with Gasteiger partial charge in [0.15, 0.2) is 0 Å². The molecule has 132 valence electrons. The van der Waals surface area contributed by atoms with Gasteiger partial charge in [-0.1, -0.05) is 66.7 Å². The third kappa shape index (κ3) is 2.00. The molecule has 0 bridgehead atoms. The Morgan fingerprint density at radius 2 is 1.18 bits per heavy atom. The van der Waals surface area contributed by atoms with Crippen LogP contribution in [0.5, 0.6) is 0 Å². The van der Waals surface area contributed by atoms with Crippen LogP contribution >= 0.6 is 0 Å².